The third-order valence-corrected chi connectivity index (χ3v) is 4.12. The molecular formula is C19H22N2O2S. The van der Waals surface area contributed by atoms with Gasteiger partial charge in [0.25, 0.3) is 5.91 Å². The van der Waals surface area contributed by atoms with E-state index in [1.807, 2.05) is 51.3 Å². The van der Waals surface area contributed by atoms with Crippen LogP contribution in [0.3, 0.4) is 0 Å². The molecule has 0 aliphatic rings. The first kappa shape index (κ1) is 18.1. The van der Waals surface area contributed by atoms with Crippen LogP contribution in [0.5, 0.6) is 0 Å². The Kier molecular flexibility index (Phi) is 5.67. The fraction of sp³-hybridized carbons (Fsp3) is 0.263. The first-order valence-electron chi connectivity index (χ1n) is 7.66. The van der Waals surface area contributed by atoms with Gasteiger partial charge in [-0.3, -0.25) is 9.59 Å². The summed E-state index contributed by atoms with van der Waals surface area (Å²) in [4.78, 5) is 25.6. The maximum Gasteiger partial charge on any atom is 0.255 e. The predicted octanol–water partition coefficient (Wildman–Crippen LogP) is 4.65. The molecule has 0 fully saturated rings. The molecule has 0 bridgehead atoms. The molecule has 0 atom stereocenters. The van der Waals surface area contributed by atoms with E-state index < -0.39 is 5.41 Å². The summed E-state index contributed by atoms with van der Waals surface area (Å²) in [5.41, 5.74) is 1.36. The number of hydrogen-bond acceptors (Lipinski definition) is 3. The highest BCUT2D eigenvalue weighted by molar-refractivity contribution is 7.98. The van der Waals surface area contributed by atoms with E-state index >= 15 is 0 Å². The van der Waals surface area contributed by atoms with Crippen LogP contribution < -0.4 is 10.6 Å². The van der Waals surface area contributed by atoms with Crippen molar-refractivity contribution in [2.45, 2.75) is 25.7 Å². The van der Waals surface area contributed by atoms with Crippen LogP contribution in [0.4, 0.5) is 11.4 Å². The van der Waals surface area contributed by atoms with Crippen molar-refractivity contribution in [3.63, 3.8) is 0 Å². The Labute approximate surface area is 147 Å². The largest absolute Gasteiger partial charge is 0.326 e. The smallest absolute Gasteiger partial charge is 0.255 e. The Hall–Kier alpha value is -2.27. The lowest BCUT2D eigenvalue weighted by Gasteiger charge is -2.18. The number of nitrogens with one attached hydrogen (secondary N) is 2. The summed E-state index contributed by atoms with van der Waals surface area (Å²) in [6, 6.07) is 14.6. The number of carbonyl (C=O) groups is 2. The van der Waals surface area contributed by atoms with Gasteiger partial charge in [0.2, 0.25) is 5.91 Å². The molecule has 2 N–H and O–H groups in total. The van der Waals surface area contributed by atoms with E-state index in [1.165, 1.54) is 0 Å². The van der Waals surface area contributed by atoms with E-state index in [0.717, 1.165) is 10.6 Å². The molecule has 4 nitrogen and oxygen atoms in total. The van der Waals surface area contributed by atoms with E-state index in [9.17, 15) is 9.59 Å². The van der Waals surface area contributed by atoms with Crippen LogP contribution in [0.25, 0.3) is 0 Å². The highest BCUT2D eigenvalue weighted by atomic mass is 32.2. The summed E-state index contributed by atoms with van der Waals surface area (Å²) in [5, 5.41) is 5.72. The zero-order valence-electron chi connectivity index (χ0n) is 14.3. The molecule has 0 spiro atoms. The third kappa shape index (κ3) is 4.86. The Balaban J connectivity index is 2.12. The van der Waals surface area contributed by atoms with Crippen molar-refractivity contribution in [3.05, 3.63) is 54.1 Å². The van der Waals surface area contributed by atoms with Crippen molar-refractivity contribution >= 4 is 35.0 Å². The standard InChI is InChI=1S/C19H22N2O2S/c1-19(2,3)18(23)21-14-8-5-7-13(11-14)17(22)20-15-9-6-10-16(12-15)24-4/h5-12H,1-4H3,(H,20,22)(H,21,23). The molecule has 2 amide bonds. The maximum atomic E-state index is 12.4. The minimum atomic E-state index is -0.490. The number of amides is 2. The van der Waals surface area contributed by atoms with E-state index in [0.29, 0.717) is 11.3 Å². The Morgan fingerprint density at radius 2 is 1.54 bits per heavy atom. The minimum absolute atomic E-state index is 0.0901. The summed E-state index contributed by atoms with van der Waals surface area (Å²) in [6.45, 7) is 5.53. The van der Waals surface area contributed by atoms with Crippen molar-refractivity contribution in [1.29, 1.82) is 0 Å². The fourth-order valence-electron chi connectivity index (χ4n) is 1.96. The molecule has 0 unspecified atom stereocenters. The van der Waals surface area contributed by atoms with Gasteiger partial charge in [-0.25, -0.2) is 0 Å². The van der Waals surface area contributed by atoms with Gasteiger partial charge in [-0.2, -0.15) is 0 Å². The molecule has 2 rings (SSSR count). The van der Waals surface area contributed by atoms with E-state index in [1.54, 1.807) is 36.0 Å². The van der Waals surface area contributed by atoms with Crippen molar-refractivity contribution in [2.24, 2.45) is 5.41 Å². The monoisotopic (exact) mass is 342 g/mol. The van der Waals surface area contributed by atoms with Crippen LogP contribution in [0, 0.1) is 5.41 Å². The predicted molar refractivity (Wildman–Crippen MR) is 101 cm³/mol. The molecule has 0 heterocycles. The van der Waals surface area contributed by atoms with Gasteiger partial charge in [-0.05, 0) is 42.7 Å². The molecule has 0 radical (unpaired) electrons. The van der Waals surface area contributed by atoms with Crippen LogP contribution in [0.1, 0.15) is 31.1 Å². The lowest BCUT2D eigenvalue weighted by Crippen LogP contribution is -2.27. The second-order valence-electron chi connectivity index (χ2n) is 6.47. The average Bonchev–Trinajstić information content (AvgIpc) is 2.54. The Bertz CT molecular complexity index is 751. The maximum absolute atomic E-state index is 12.4. The van der Waals surface area contributed by atoms with Gasteiger partial charge in [0.05, 0.1) is 0 Å². The zero-order valence-corrected chi connectivity index (χ0v) is 15.2. The molecule has 0 aromatic heterocycles. The van der Waals surface area contributed by atoms with Crippen LogP contribution in [-0.2, 0) is 4.79 Å². The zero-order chi connectivity index (χ0) is 17.7. The second kappa shape index (κ2) is 7.53. The van der Waals surface area contributed by atoms with Crippen LogP contribution >= 0.6 is 11.8 Å². The van der Waals surface area contributed by atoms with Crippen LogP contribution in [0.2, 0.25) is 0 Å². The van der Waals surface area contributed by atoms with Gasteiger partial charge in [-0.15, -0.1) is 11.8 Å². The fourth-order valence-corrected chi connectivity index (χ4v) is 2.42. The molecule has 5 heteroatoms. The number of rotatable bonds is 4. The normalized spacial score (nSPS) is 11.0. The van der Waals surface area contributed by atoms with Crippen molar-refractivity contribution < 1.29 is 9.59 Å². The first-order chi connectivity index (χ1) is 11.3. The van der Waals surface area contributed by atoms with E-state index in [2.05, 4.69) is 10.6 Å². The van der Waals surface area contributed by atoms with Gasteiger partial charge in [0.15, 0.2) is 0 Å². The number of thioether (sulfide) groups is 1. The quantitative estimate of drug-likeness (QED) is 0.796. The van der Waals surface area contributed by atoms with Gasteiger partial charge >= 0.3 is 0 Å². The molecule has 2 aromatic carbocycles. The van der Waals surface area contributed by atoms with Crippen molar-refractivity contribution in [1.82, 2.24) is 0 Å². The molecule has 24 heavy (non-hydrogen) atoms. The van der Waals surface area contributed by atoms with Gasteiger partial charge in [-0.1, -0.05) is 32.9 Å². The van der Waals surface area contributed by atoms with Crippen LogP contribution in [0.15, 0.2) is 53.4 Å². The molecule has 0 saturated heterocycles. The Morgan fingerprint density at radius 1 is 0.917 bits per heavy atom. The molecule has 126 valence electrons. The molecule has 0 aliphatic carbocycles. The third-order valence-electron chi connectivity index (χ3n) is 3.39. The number of anilines is 2. The second-order valence-corrected chi connectivity index (χ2v) is 7.35. The first-order valence-corrected chi connectivity index (χ1v) is 8.89. The highest BCUT2D eigenvalue weighted by Crippen LogP contribution is 2.21. The molecule has 2 aromatic rings. The van der Waals surface area contributed by atoms with Gasteiger partial charge in [0.1, 0.15) is 0 Å². The lowest BCUT2D eigenvalue weighted by molar-refractivity contribution is -0.123. The number of benzene rings is 2. The van der Waals surface area contributed by atoms with Crippen molar-refractivity contribution in [2.75, 3.05) is 16.9 Å². The minimum Gasteiger partial charge on any atom is -0.326 e. The van der Waals surface area contributed by atoms with Crippen LogP contribution in [-0.4, -0.2) is 18.1 Å². The summed E-state index contributed by atoms with van der Waals surface area (Å²) < 4.78 is 0. The number of hydrogen-bond donors (Lipinski definition) is 2. The number of carbonyl (C=O) groups excluding carboxylic acids is 2. The summed E-state index contributed by atoms with van der Waals surface area (Å²) in [7, 11) is 0. The summed E-state index contributed by atoms with van der Waals surface area (Å²) in [6.07, 6.45) is 1.99. The highest BCUT2D eigenvalue weighted by Gasteiger charge is 2.21. The molecular weight excluding hydrogens is 320 g/mol. The lowest BCUT2D eigenvalue weighted by atomic mass is 9.95. The average molecular weight is 342 g/mol. The molecule has 0 saturated carbocycles. The van der Waals surface area contributed by atoms with Gasteiger partial charge < -0.3 is 10.6 Å². The van der Waals surface area contributed by atoms with E-state index in [4.69, 9.17) is 0 Å². The van der Waals surface area contributed by atoms with E-state index in [-0.39, 0.29) is 11.8 Å². The topological polar surface area (TPSA) is 58.2 Å². The van der Waals surface area contributed by atoms with Gasteiger partial charge in [0, 0.05) is 27.2 Å². The SMILES string of the molecule is CSc1cccc(NC(=O)c2cccc(NC(=O)C(C)(C)C)c2)c1. The summed E-state index contributed by atoms with van der Waals surface area (Å²) in [5.74, 6) is -0.298. The summed E-state index contributed by atoms with van der Waals surface area (Å²) >= 11 is 1.62. The van der Waals surface area contributed by atoms with Crippen molar-refractivity contribution in [3.8, 4) is 0 Å². The Morgan fingerprint density at radius 3 is 2.17 bits per heavy atom. The molecule has 0 aliphatic heterocycles.